The summed E-state index contributed by atoms with van der Waals surface area (Å²) in [5, 5.41) is 67.5. The molecule has 4 unspecified atom stereocenters. The summed E-state index contributed by atoms with van der Waals surface area (Å²) in [4.78, 5) is 30.1. The normalized spacial score (nSPS) is 19.0. The first-order valence-corrected chi connectivity index (χ1v) is 12.3. The Hall–Kier alpha value is -4.12. The highest BCUT2D eigenvalue weighted by Crippen LogP contribution is 2.33. The second-order valence-electron chi connectivity index (χ2n) is 8.88. The van der Waals surface area contributed by atoms with Gasteiger partial charge in [-0.3, -0.25) is 24.9 Å². The van der Waals surface area contributed by atoms with Crippen molar-refractivity contribution in [2.24, 2.45) is 15.7 Å². The van der Waals surface area contributed by atoms with Crippen LogP contribution in [0.4, 0.5) is 11.4 Å². The fourth-order valence-electron chi connectivity index (χ4n) is 3.70. The number of carboxylic acid groups (broad SMARTS) is 1. The summed E-state index contributed by atoms with van der Waals surface area (Å²) < 4.78 is 0. The summed E-state index contributed by atoms with van der Waals surface area (Å²) in [6.07, 6.45) is -4.03. The van der Waals surface area contributed by atoms with Crippen LogP contribution in [-0.2, 0) is 9.59 Å². The molecule has 0 aliphatic carbocycles. The van der Waals surface area contributed by atoms with Gasteiger partial charge >= 0.3 is 5.97 Å². The van der Waals surface area contributed by atoms with Gasteiger partial charge < -0.3 is 52.3 Å². The van der Waals surface area contributed by atoms with Crippen molar-refractivity contribution < 1.29 is 40.2 Å². The van der Waals surface area contributed by atoms with E-state index in [0.717, 1.165) is 0 Å². The fourth-order valence-corrected chi connectivity index (χ4v) is 3.70. The third-order valence-corrected chi connectivity index (χ3v) is 5.66. The van der Waals surface area contributed by atoms with Gasteiger partial charge in [-0.15, -0.1) is 0 Å². The first-order valence-electron chi connectivity index (χ1n) is 12.3. The van der Waals surface area contributed by atoms with Gasteiger partial charge in [-0.1, -0.05) is 18.2 Å². The molecule has 2 heterocycles. The monoisotopic (exact) mass is 559 g/mol. The molecule has 0 spiro atoms. The zero-order valence-corrected chi connectivity index (χ0v) is 21.4. The number of phenolic OH excluding ortho intramolecular Hbond substituents is 1. The number of hydrogen-bond acceptors (Lipinski definition) is 13. The second-order valence-corrected chi connectivity index (χ2v) is 8.88. The van der Waals surface area contributed by atoms with Gasteiger partial charge in [-0.05, 0) is 18.2 Å². The number of guanidine groups is 1. The third-order valence-electron chi connectivity index (χ3n) is 5.66. The number of phenols is 1. The second kappa shape index (κ2) is 14.3. The van der Waals surface area contributed by atoms with Gasteiger partial charge in [0.15, 0.2) is 5.96 Å². The van der Waals surface area contributed by atoms with E-state index in [1.165, 1.54) is 12.1 Å². The first-order chi connectivity index (χ1) is 19.0. The Kier molecular flexibility index (Phi) is 10.9. The number of rotatable bonds is 9. The summed E-state index contributed by atoms with van der Waals surface area (Å²) in [5.74, 6) is -1.15. The molecular weight excluding hydrogens is 526 g/mol. The van der Waals surface area contributed by atoms with E-state index in [-0.39, 0.29) is 37.5 Å². The van der Waals surface area contributed by atoms with E-state index in [1.807, 2.05) is 12.1 Å². The van der Waals surface area contributed by atoms with E-state index in [1.54, 1.807) is 18.2 Å². The van der Waals surface area contributed by atoms with Crippen LogP contribution in [0.1, 0.15) is 29.9 Å². The fraction of sp³-hybridized carbons (Fsp3) is 0.360. The van der Waals surface area contributed by atoms with E-state index in [0.29, 0.717) is 35.0 Å². The van der Waals surface area contributed by atoms with Crippen molar-refractivity contribution >= 4 is 34.9 Å². The van der Waals surface area contributed by atoms with Crippen LogP contribution in [0, 0.1) is 0 Å². The van der Waals surface area contributed by atoms with Crippen LogP contribution in [0.2, 0.25) is 0 Å². The number of nitrogens with one attached hydrogen (secondary N) is 4. The standard InChI is InChI=1S/C16H23N5O6.C9H10N2O2/c22-11-4-9(15(27)18-8-13(24)17-2-1-14(25)26)3-10(5-11)21-16-19-6-12(23)7-20-16;10-9(13)7-8(12)5-3-1-2-4-6(5)11-7/h3-5,12,15,18,22-23,27H,1-2,6-8H2,(H,17,24)(H,25,26)(H2,19,20,21);1-4,8-9,12-13H,10H2. The lowest BCUT2D eigenvalue weighted by molar-refractivity contribution is -0.136. The van der Waals surface area contributed by atoms with Gasteiger partial charge in [0.05, 0.1) is 37.0 Å². The Morgan fingerprint density at radius 1 is 1.15 bits per heavy atom. The number of aromatic hydroxyl groups is 1. The Bertz CT molecular complexity index is 1250. The molecule has 4 rings (SSSR count). The topological polar surface area (TPSA) is 254 Å². The quantitative estimate of drug-likeness (QED) is 0.155. The number of para-hydroxylation sites is 1. The number of aliphatic hydroxyl groups is 4. The number of aliphatic carboxylic acids is 1. The minimum atomic E-state index is -1.23. The molecule has 2 aliphatic heterocycles. The van der Waals surface area contributed by atoms with Crippen molar-refractivity contribution in [3.8, 4) is 5.75 Å². The molecule has 0 saturated carbocycles. The highest BCUT2D eigenvalue weighted by molar-refractivity contribution is 5.99. The highest BCUT2D eigenvalue weighted by atomic mass is 16.4. The van der Waals surface area contributed by atoms with Gasteiger partial charge in [0.25, 0.3) is 0 Å². The summed E-state index contributed by atoms with van der Waals surface area (Å²) in [6, 6.07) is 11.5. The van der Waals surface area contributed by atoms with E-state index in [2.05, 4.69) is 31.3 Å². The number of aliphatic hydroxyl groups excluding tert-OH is 4. The van der Waals surface area contributed by atoms with Gasteiger partial charge in [0, 0.05) is 36.0 Å². The van der Waals surface area contributed by atoms with Crippen molar-refractivity contribution in [1.82, 2.24) is 16.0 Å². The molecule has 15 heteroatoms. The number of carbonyl (C=O) groups is 2. The molecule has 1 amide bonds. The molecule has 2 aromatic rings. The van der Waals surface area contributed by atoms with Crippen LogP contribution in [-0.4, -0.2) is 92.7 Å². The Balaban J connectivity index is 0.000000281. The molecule has 0 fully saturated rings. The number of nitrogens with zero attached hydrogens (tertiary/aromatic N) is 2. The molecule has 2 aliphatic rings. The number of amides is 1. The maximum Gasteiger partial charge on any atom is 0.305 e. The lowest BCUT2D eigenvalue weighted by Gasteiger charge is -2.21. The summed E-state index contributed by atoms with van der Waals surface area (Å²) in [6.45, 7) is 0.363. The number of carboxylic acids is 1. The van der Waals surface area contributed by atoms with Crippen LogP contribution in [0.15, 0.2) is 52.4 Å². The average molecular weight is 560 g/mol. The molecule has 0 radical (unpaired) electrons. The van der Waals surface area contributed by atoms with E-state index < -0.39 is 36.5 Å². The summed E-state index contributed by atoms with van der Waals surface area (Å²) in [7, 11) is 0. The molecule has 15 nitrogen and oxygen atoms in total. The van der Waals surface area contributed by atoms with Crippen molar-refractivity contribution in [2.45, 2.75) is 31.1 Å². The number of anilines is 1. The van der Waals surface area contributed by atoms with Crippen molar-refractivity contribution in [3.05, 3.63) is 53.6 Å². The summed E-state index contributed by atoms with van der Waals surface area (Å²) >= 11 is 0. The molecule has 2 aromatic carbocycles. The van der Waals surface area contributed by atoms with Crippen LogP contribution in [0.3, 0.4) is 0 Å². The van der Waals surface area contributed by atoms with Crippen LogP contribution in [0.25, 0.3) is 0 Å². The minimum Gasteiger partial charge on any atom is -0.508 e. The van der Waals surface area contributed by atoms with Gasteiger partial charge in [-0.25, -0.2) is 0 Å². The molecule has 0 aromatic heterocycles. The predicted octanol–water partition coefficient (Wildman–Crippen LogP) is -1.62. The number of hydrogen-bond donors (Lipinski definition) is 11. The predicted molar refractivity (Wildman–Crippen MR) is 145 cm³/mol. The van der Waals surface area contributed by atoms with E-state index in [9.17, 15) is 30.0 Å². The number of β-amino-alcohol motifs (C(OH)–C–C–N with tert-alkyl or cyclic N) is 1. The van der Waals surface area contributed by atoms with Crippen molar-refractivity contribution in [1.29, 1.82) is 0 Å². The number of fused-ring (bicyclic) bond motifs is 1. The van der Waals surface area contributed by atoms with Gasteiger partial charge in [-0.2, -0.15) is 0 Å². The zero-order valence-electron chi connectivity index (χ0n) is 21.4. The number of nitrogens with two attached hydrogens (primary N) is 1. The van der Waals surface area contributed by atoms with E-state index >= 15 is 0 Å². The maximum absolute atomic E-state index is 11.6. The van der Waals surface area contributed by atoms with Crippen LogP contribution < -0.4 is 27.0 Å². The largest absolute Gasteiger partial charge is 0.508 e. The van der Waals surface area contributed by atoms with Crippen LogP contribution >= 0.6 is 0 Å². The van der Waals surface area contributed by atoms with Gasteiger partial charge in [0.2, 0.25) is 5.91 Å². The average Bonchev–Trinajstić information content (AvgIpc) is 3.25. The Morgan fingerprint density at radius 3 is 2.55 bits per heavy atom. The summed E-state index contributed by atoms with van der Waals surface area (Å²) in [5.41, 5.74) is 7.58. The van der Waals surface area contributed by atoms with E-state index in [4.69, 9.17) is 15.9 Å². The van der Waals surface area contributed by atoms with Gasteiger partial charge in [0.1, 0.15) is 24.3 Å². The lowest BCUT2D eigenvalue weighted by Crippen LogP contribution is -2.42. The molecule has 40 heavy (non-hydrogen) atoms. The van der Waals surface area contributed by atoms with Crippen molar-refractivity contribution in [3.63, 3.8) is 0 Å². The lowest BCUT2D eigenvalue weighted by atomic mass is 10.1. The molecule has 0 saturated heterocycles. The number of carbonyl (C=O) groups excluding carboxylic acids is 1. The maximum atomic E-state index is 11.6. The Labute approximate surface area is 229 Å². The van der Waals surface area contributed by atoms with Crippen LogP contribution in [0.5, 0.6) is 5.75 Å². The molecule has 4 atom stereocenters. The number of benzene rings is 2. The zero-order chi connectivity index (χ0) is 29.2. The SMILES string of the molecule is NC(O)C1=Nc2ccccc2C1O.O=C(O)CCNC(=O)CNC(O)c1cc(O)cc(NC2=NCC(O)CN2)c1. The number of aliphatic imine (C=N–C) groups is 2. The molecular formula is C25H33N7O8. The van der Waals surface area contributed by atoms with Crippen molar-refractivity contribution in [2.75, 3.05) is 31.5 Å². The smallest absolute Gasteiger partial charge is 0.305 e. The molecule has 12 N–H and O–H groups in total. The Morgan fingerprint density at radius 2 is 1.90 bits per heavy atom. The molecule has 0 bridgehead atoms. The highest BCUT2D eigenvalue weighted by Gasteiger charge is 2.27. The first kappa shape index (κ1) is 30.4. The molecule has 216 valence electrons. The minimum absolute atomic E-state index is 0.00402. The third kappa shape index (κ3) is 8.98.